The van der Waals surface area contributed by atoms with E-state index >= 15 is 0 Å². The molecule has 1 aromatic carbocycles. The first-order chi connectivity index (χ1) is 9.63. The van der Waals surface area contributed by atoms with Crippen molar-refractivity contribution in [3.8, 4) is 0 Å². The van der Waals surface area contributed by atoms with Crippen LogP contribution in [0, 0.1) is 0 Å². The van der Waals surface area contributed by atoms with Gasteiger partial charge in [-0.3, -0.25) is 0 Å². The third kappa shape index (κ3) is 3.20. The summed E-state index contributed by atoms with van der Waals surface area (Å²) in [5.74, 6) is -0.775. The SMILES string of the molecule is CCOC(c1ccccc1)c1ncc(Br)c(C(=O)O)n1. The fourth-order valence-corrected chi connectivity index (χ4v) is 2.13. The number of rotatable bonds is 5. The second kappa shape index (κ2) is 6.58. The number of hydrogen-bond donors (Lipinski definition) is 1. The molecule has 0 aliphatic rings. The Morgan fingerprint density at radius 2 is 2.10 bits per heavy atom. The Kier molecular flexibility index (Phi) is 4.81. The van der Waals surface area contributed by atoms with E-state index in [4.69, 9.17) is 9.84 Å². The van der Waals surface area contributed by atoms with Crippen molar-refractivity contribution >= 4 is 21.9 Å². The highest BCUT2D eigenvalue weighted by atomic mass is 79.9. The van der Waals surface area contributed by atoms with Gasteiger partial charge in [-0.1, -0.05) is 30.3 Å². The summed E-state index contributed by atoms with van der Waals surface area (Å²) in [6.45, 7) is 2.34. The number of benzene rings is 1. The smallest absolute Gasteiger partial charge is 0.355 e. The van der Waals surface area contributed by atoms with E-state index in [1.54, 1.807) is 0 Å². The van der Waals surface area contributed by atoms with Crippen molar-refractivity contribution in [1.82, 2.24) is 9.97 Å². The molecule has 20 heavy (non-hydrogen) atoms. The minimum absolute atomic E-state index is 0.0735. The van der Waals surface area contributed by atoms with E-state index in [0.29, 0.717) is 16.9 Å². The Morgan fingerprint density at radius 1 is 1.40 bits per heavy atom. The first-order valence-corrected chi connectivity index (χ1v) is 6.85. The maximum atomic E-state index is 11.1. The molecule has 0 fully saturated rings. The molecule has 0 spiro atoms. The third-order valence-corrected chi connectivity index (χ3v) is 3.22. The van der Waals surface area contributed by atoms with E-state index in [9.17, 15) is 4.79 Å². The van der Waals surface area contributed by atoms with Gasteiger partial charge in [-0.25, -0.2) is 14.8 Å². The molecule has 0 saturated heterocycles. The number of aromatic carboxylic acids is 1. The van der Waals surface area contributed by atoms with E-state index < -0.39 is 12.1 Å². The van der Waals surface area contributed by atoms with E-state index in [1.807, 2.05) is 37.3 Å². The number of aromatic nitrogens is 2. The van der Waals surface area contributed by atoms with Crippen LogP contribution in [0.1, 0.15) is 34.9 Å². The highest BCUT2D eigenvalue weighted by molar-refractivity contribution is 9.10. The summed E-state index contributed by atoms with van der Waals surface area (Å²) >= 11 is 3.13. The van der Waals surface area contributed by atoms with Crippen LogP contribution in [-0.4, -0.2) is 27.7 Å². The quantitative estimate of drug-likeness (QED) is 0.908. The van der Waals surface area contributed by atoms with Crippen LogP contribution in [0.5, 0.6) is 0 Å². The highest BCUT2D eigenvalue weighted by Gasteiger charge is 2.20. The second-order valence-electron chi connectivity index (χ2n) is 3.98. The summed E-state index contributed by atoms with van der Waals surface area (Å²) in [7, 11) is 0. The Labute approximate surface area is 124 Å². The molecular weight excluding hydrogens is 324 g/mol. The Bertz CT molecular complexity index is 605. The van der Waals surface area contributed by atoms with Gasteiger partial charge in [0.05, 0.1) is 4.47 Å². The van der Waals surface area contributed by atoms with Crippen LogP contribution in [0.2, 0.25) is 0 Å². The van der Waals surface area contributed by atoms with Gasteiger partial charge in [-0.15, -0.1) is 0 Å². The monoisotopic (exact) mass is 336 g/mol. The number of carboxylic acid groups (broad SMARTS) is 1. The summed E-state index contributed by atoms with van der Waals surface area (Å²) < 4.78 is 6.00. The zero-order valence-corrected chi connectivity index (χ0v) is 12.4. The van der Waals surface area contributed by atoms with Crippen LogP contribution in [0.15, 0.2) is 41.0 Å². The predicted molar refractivity (Wildman–Crippen MR) is 76.6 cm³/mol. The van der Waals surface area contributed by atoms with Gasteiger partial charge in [0.25, 0.3) is 0 Å². The second-order valence-corrected chi connectivity index (χ2v) is 4.83. The minimum Gasteiger partial charge on any atom is -0.476 e. The maximum Gasteiger partial charge on any atom is 0.355 e. The van der Waals surface area contributed by atoms with E-state index in [0.717, 1.165) is 5.56 Å². The molecule has 6 heteroatoms. The number of hydrogen-bond acceptors (Lipinski definition) is 4. The fourth-order valence-electron chi connectivity index (χ4n) is 1.77. The zero-order valence-electron chi connectivity index (χ0n) is 10.8. The molecule has 2 aromatic rings. The molecule has 1 aromatic heterocycles. The number of halogens is 1. The molecule has 0 amide bonds. The lowest BCUT2D eigenvalue weighted by atomic mass is 10.1. The largest absolute Gasteiger partial charge is 0.476 e. The molecular formula is C14H13BrN2O3. The first-order valence-electron chi connectivity index (χ1n) is 6.05. The topological polar surface area (TPSA) is 72.3 Å². The lowest BCUT2D eigenvalue weighted by Crippen LogP contribution is -2.13. The summed E-state index contributed by atoms with van der Waals surface area (Å²) in [5, 5.41) is 9.11. The van der Waals surface area contributed by atoms with Crippen LogP contribution in [0.4, 0.5) is 0 Å². The first kappa shape index (κ1) is 14.6. The molecule has 104 valence electrons. The fraction of sp³-hybridized carbons (Fsp3) is 0.214. The third-order valence-electron chi connectivity index (χ3n) is 2.64. The van der Waals surface area contributed by atoms with Crippen LogP contribution in [-0.2, 0) is 4.74 Å². The van der Waals surface area contributed by atoms with Gasteiger partial charge in [0, 0.05) is 12.8 Å². The average molecular weight is 337 g/mol. The van der Waals surface area contributed by atoms with Crippen molar-refractivity contribution in [3.63, 3.8) is 0 Å². The van der Waals surface area contributed by atoms with E-state index in [1.165, 1.54) is 6.20 Å². The van der Waals surface area contributed by atoms with Crippen molar-refractivity contribution in [2.75, 3.05) is 6.61 Å². The molecule has 1 heterocycles. The minimum atomic E-state index is -1.11. The molecule has 0 saturated carbocycles. The highest BCUT2D eigenvalue weighted by Crippen LogP contribution is 2.24. The van der Waals surface area contributed by atoms with Gasteiger partial charge < -0.3 is 9.84 Å². The molecule has 1 atom stereocenters. The van der Waals surface area contributed by atoms with Crippen LogP contribution in [0.25, 0.3) is 0 Å². The number of nitrogens with zero attached hydrogens (tertiary/aromatic N) is 2. The Morgan fingerprint density at radius 3 is 2.70 bits per heavy atom. The summed E-state index contributed by atoms with van der Waals surface area (Å²) in [6.07, 6.45) is 0.952. The lowest BCUT2D eigenvalue weighted by Gasteiger charge is -2.16. The van der Waals surface area contributed by atoms with Crippen molar-refractivity contribution in [1.29, 1.82) is 0 Å². The van der Waals surface area contributed by atoms with Crippen LogP contribution < -0.4 is 0 Å². The Balaban J connectivity index is 2.45. The number of carbonyl (C=O) groups is 1. The predicted octanol–water partition coefficient (Wildman–Crippen LogP) is 3.06. The number of carboxylic acids is 1. The molecule has 0 radical (unpaired) electrons. The normalized spacial score (nSPS) is 12.1. The van der Waals surface area contributed by atoms with Gasteiger partial charge in [-0.2, -0.15) is 0 Å². The lowest BCUT2D eigenvalue weighted by molar-refractivity contribution is 0.0682. The van der Waals surface area contributed by atoms with Crippen molar-refractivity contribution in [2.24, 2.45) is 0 Å². The zero-order chi connectivity index (χ0) is 14.5. The maximum absolute atomic E-state index is 11.1. The molecule has 0 bridgehead atoms. The van der Waals surface area contributed by atoms with Crippen LogP contribution in [0.3, 0.4) is 0 Å². The van der Waals surface area contributed by atoms with Gasteiger partial charge in [-0.05, 0) is 28.4 Å². The molecule has 1 unspecified atom stereocenters. The van der Waals surface area contributed by atoms with Gasteiger partial charge in [0.2, 0.25) is 0 Å². The average Bonchev–Trinajstić information content (AvgIpc) is 2.46. The Hall–Kier alpha value is -1.79. The van der Waals surface area contributed by atoms with Crippen molar-refractivity contribution in [3.05, 3.63) is 58.1 Å². The molecule has 0 aliphatic heterocycles. The van der Waals surface area contributed by atoms with Crippen molar-refractivity contribution in [2.45, 2.75) is 13.0 Å². The van der Waals surface area contributed by atoms with E-state index in [2.05, 4.69) is 25.9 Å². The van der Waals surface area contributed by atoms with Gasteiger partial charge in [0.1, 0.15) is 6.10 Å². The molecule has 5 nitrogen and oxygen atoms in total. The summed E-state index contributed by atoms with van der Waals surface area (Å²) in [6, 6.07) is 9.46. The molecule has 0 aliphatic carbocycles. The number of ether oxygens (including phenoxy) is 1. The summed E-state index contributed by atoms with van der Waals surface area (Å²) in [5.41, 5.74) is 0.809. The standard InChI is InChI=1S/C14H13BrN2O3/c1-2-20-12(9-6-4-3-5-7-9)13-16-8-10(15)11(17-13)14(18)19/h3-8,12H,2H2,1H3,(H,18,19). The van der Waals surface area contributed by atoms with Crippen molar-refractivity contribution < 1.29 is 14.6 Å². The summed E-state index contributed by atoms with van der Waals surface area (Å²) in [4.78, 5) is 19.4. The van der Waals surface area contributed by atoms with Crippen LogP contribution >= 0.6 is 15.9 Å². The molecule has 1 N–H and O–H groups in total. The van der Waals surface area contributed by atoms with Gasteiger partial charge >= 0.3 is 5.97 Å². The molecule has 2 rings (SSSR count). The van der Waals surface area contributed by atoms with Gasteiger partial charge in [0.15, 0.2) is 11.5 Å². The van der Waals surface area contributed by atoms with E-state index in [-0.39, 0.29) is 5.69 Å².